The Bertz CT molecular complexity index is 677. The number of aliphatic hydroxyl groups excluding tert-OH is 1. The summed E-state index contributed by atoms with van der Waals surface area (Å²) in [5, 5.41) is 13.2. The third-order valence-electron chi connectivity index (χ3n) is 4.12. The minimum Gasteiger partial charge on any atom is -0.390 e. The van der Waals surface area contributed by atoms with Crippen molar-refractivity contribution in [2.45, 2.75) is 38.8 Å². The molecule has 2 N–H and O–H groups in total. The first kappa shape index (κ1) is 14.3. The van der Waals surface area contributed by atoms with Crippen molar-refractivity contribution in [2.24, 2.45) is 0 Å². The number of fused-ring (bicyclic) bond motifs is 1. The van der Waals surface area contributed by atoms with Crippen LogP contribution in [0.1, 0.15) is 44.2 Å². The molecule has 3 rings (SSSR count). The molecule has 21 heavy (non-hydrogen) atoms. The zero-order valence-electron chi connectivity index (χ0n) is 12.2. The lowest BCUT2D eigenvalue weighted by Crippen LogP contribution is -2.33. The summed E-state index contributed by atoms with van der Waals surface area (Å²) in [5.41, 5.74) is 3.37. The highest BCUT2D eigenvalue weighted by atomic mass is 32.1. The van der Waals surface area contributed by atoms with Crippen molar-refractivity contribution < 1.29 is 9.90 Å². The molecule has 0 saturated heterocycles. The van der Waals surface area contributed by atoms with E-state index in [0.717, 1.165) is 22.4 Å². The standard InChI is InChI=1S/C17H19NO2S/c1-3-11-9-15(21-10(11)2)17(20)18-16-13-7-5-4-6-12(13)8-14(16)19/h4-7,9,14,16,19H,3,8H2,1-2H3,(H,18,20). The minimum absolute atomic E-state index is 0.0939. The van der Waals surface area contributed by atoms with Crippen LogP contribution in [0.3, 0.4) is 0 Å². The number of hydrogen-bond donors (Lipinski definition) is 2. The van der Waals surface area contributed by atoms with Gasteiger partial charge in [-0.3, -0.25) is 4.79 Å². The molecule has 0 spiro atoms. The monoisotopic (exact) mass is 301 g/mol. The summed E-state index contributed by atoms with van der Waals surface area (Å²) in [7, 11) is 0. The zero-order chi connectivity index (χ0) is 15.0. The fraction of sp³-hybridized carbons (Fsp3) is 0.353. The van der Waals surface area contributed by atoms with Crippen molar-refractivity contribution in [1.29, 1.82) is 0 Å². The van der Waals surface area contributed by atoms with Gasteiger partial charge < -0.3 is 10.4 Å². The van der Waals surface area contributed by atoms with Crippen molar-refractivity contribution in [3.63, 3.8) is 0 Å². The average molecular weight is 301 g/mol. The first-order chi connectivity index (χ1) is 10.1. The number of rotatable bonds is 3. The van der Waals surface area contributed by atoms with E-state index in [-0.39, 0.29) is 11.9 Å². The number of benzene rings is 1. The number of carbonyl (C=O) groups is 1. The Kier molecular flexibility index (Phi) is 3.83. The van der Waals surface area contributed by atoms with Gasteiger partial charge >= 0.3 is 0 Å². The number of hydrogen-bond acceptors (Lipinski definition) is 3. The molecule has 3 nitrogen and oxygen atoms in total. The molecule has 0 aliphatic heterocycles. The van der Waals surface area contributed by atoms with E-state index in [9.17, 15) is 9.90 Å². The molecule has 1 aliphatic carbocycles. The van der Waals surface area contributed by atoms with Gasteiger partial charge in [0.2, 0.25) is 0 Å². The molecule has 1 heterocycles. The topological polar surface area (TPSA) is 49.3 Å². The Hall–Kier alpha value is -1.65. The maximum absolute atomic E-state index is 12.4. The highest BCUT2D eigenvalue weighted by Crippen LogP contribution is 2.32. The molecule has 2 atom stereocenters. The predicted molar refractivity (Wildman–Crippen MR) is 84.8 cm³/mol. The number of aryl methyl sites for hydroxylation is 2. The van der Waals surface area contributed by atoms with Crippen LogP contribution < -0.4 is 5.32 Å². The predicted octanol–water partition coefficient (Wildman–Crippen LogP) is 3.01. The molecule has 1 amide bonds. The Morgan fingerprint density at radius 2 is 2.19 bits per heavy atom. The second-order valence-electron chi connectivity index (χ2n) is 5.47. The van der Waals surface area contributed by atoms with Crippen molar-refractivity contribution in [3.05, 3.63) is 56.8 Å². The highest BCUT2D eigenvalue weighted by Gasteiger charge is 2.32. The third-order valence-corrected chi connectivity index (χ3v) is 5.21. The van der Waals surface area contributed by atoms with Crippen LogP contribution in [0.5, 0.6) is 0 Å². The van der Waals surface area contributed by atoms with Crippen molar-refractivity contribution >= 4 is 17.2 Å². The molecular formula is C17H19NO2S. The van der Waals surface area contributed by atoms with E-state index in [1.165, 1.54) is 21.8 Å². The number of amides is 1. The summed E-state index contributed by atoms with van der Waals surface area (Å²) in [4.78, 5) is 14.3. The van der Waals surface area contributed by atoms with E-state index in [0.29, 0.717) is 6.42 Å². The number of nitrogens with one attached hydrogen (secondary N) is 1. The van der Waals surface area contributed by atoms with Gasteiger partial charge in [0.25, 0.3) is 5.91 Å². The summed E-state index contributed by atoms with van der Waals surface area (Å²) in [5.74, 6) is -0.0939. The third kappa shape index (κ3) is 2.61. The molecule has 2 unspecified atom stereocenters. The highest BCUT2D eigenvalue weighted by molar-refractivity contribution is 7.14. The largest absolute Gasteiger partial charge is 0.390 e. The number of aliphatic hydroxyl groups is 1. The molecule has 110 valence electrons. The molecule has 4 heteroatoms. The summed E-state index contributed by atoms with van der Waals surface area (Å²) < 4.78 is 0. The van der Waals surface area contributed by atoms with Crippen LogP contribution in [0, 0.1) is 6.92 Å². The molecule has 2 aromatic rings. The molecular weight excluding hydrogens is 282 g/mol. The van der Waals surface area contributed by atoms with Gasteiger partial charge in [-0.1, -0.05) is 31.2 Å². The SMILES string of the molecule is CCc1cc(C(=O)NC2c3ccccc3CC2O)sc1C. The fourth-order valence-corrected chi connectivity index (χ4v) is 3.96. The summed E-state index contributed by atoms with van der Waals surface area (Å²) in [6.07, 6.45) is 0.994. The summed E-state index contributed by atoms with van der Waals surface area (Å²) >= 11 is 1.52. The van der Waals surface area contributed by atoms with E-state index in [2.05, 4.69) is 12.2 Å². The van der Waals surface area contributed by atoms with Gasteiger partial charge in [0.15, 0.2) is 0 Å². The van der Waals surface area contributed by atoms with Gasteiger partial charge in [-0.15, -0.1) is 11.3 Å². The molecule has 1 aromatic heterocycles. The van der Waals surface area contributed by atoms with Crippen LogP contribution in [0.15, 0.2) is 30.3 Å². The lowest BCUT2D eigenvalue weighted by Gasteiger charge is -2.17. The molecule has 1 aromatic carbocycles. The quantitative estimate of drug-likeness (QED) is 0.915. The maximum Gasteiger partial charge on any atom is 0.261 e. The Morgan fingerprint density at radius 3 is 2.90 bits per heavy atom. The second kappa shape index (κ2) is 5.62. The van der Waals surface area contributed by atoms with E-state index in [1.807, 2.05) is 37.3 Å². The van der Waals surface area contributed by atoms with E-state index < -0.39 is 6.10 Å². The number of thiophene rings is 1. The Morgan fingerprint density at radius 1 is 1.43 bits per heavy atom. The maximum atomic E-state index is 12.4. The normalized spacial score (nSPS) is 20.3. The minimum atomic E-state index is -0.543. The van der Waals surface area contributed by atoms with E-state index >= 15 is 0 Å². The van der Waals surface area contributed by atoms with Gasteiger partial charge in [-0.25, -0.2) is 0 Å². The Balaban J connectivity index is 1.81. The van der Waals surface area contributed by atoms with Crippen LogP contribution >= 0.6 is 11.3 Å². The smallest absolute Gasteiger partial charge is 0.261 e. The first-order valence-corrected chi connectivity index (χ1v) is 8.07. The van der Waals surface area contributed by atoms with Crippen molar-refractivity contribution in [1.82, 2.24) is 5.32 Å². The van der Waals surface area contributed by atoms with Gasteiger partial charge in [0.05, 0.1) is 17.0 Å². The molecule has 0 radical (unpaired) electrons. The molecule has 0 bridgehead atoms. The summed E-state index contributed by atoms with van der Waals surface area (Å²) in [6, 6.07) is 9.55. The fourth-order valence-electron chi connectivity index (χ4n) is 2.94. The molecule has 1 aliphatic rings. The van der Waals surface area contributed by atoms with E-state index in [4.69, 9.17) is 0 Å². The average Bonchev–Trinajstić information content (AvgIpc) is 3.00. The number of carbonyl (C=O) groups excluding carboxylic acids is 1. The van der Waals surface area contributed by atoms with Crippen LogP contribution in [-0.4, -0.2) is 17.1 Å². The summed E-state index contributed by atoms with van der Waals surface area (Å²) in [6.45, 7) is 4.13. The van der Waals surface area contributed by atoms with Crippen molar-refractivity contribution in [3.8, 4) is 0 Å². The Labute approximate surface area is 128 Å². The van der Waals surface area contributed by atoms with E-state index in [1.54, 1.807) is 0 Å². The molecule has 0 saturated carbocycles. The van der Waals surface area contributed by atoms with Gasteiger partial charge in [0.1, 0.15) is 0 Å². The van der Waals surface area contributed by atoms with Gasteiger partial charge in [-0.2, -0.15) is 0 Å². The second-order valence-corrected chi connectivity index (χ2v) is 6.72. The van der Waals surface area contributed by atoms with Crippen molar-refractivity contribution in [2.75, 3.05) is 0 Å². The first-order valence-electron chi connectivity index (χ1n) is 7.26. The van der Waals surface area contributed by atoms with Gasteiger partial charge in [0, 0.05) is 11.3 Å². The zero-order valence-corrected chi connectivity index (χ0v) is 13.0. The lowest BCUT2D eigenvalue weighted by atomic mass is 10.1. The van der Waals surface area contributed by atoms with Gasteiger partial charge in [-0.05, 0) is 36.1 Å². The van der Waals surface area contributed by atoms with Crippen LogP contribution in [0.4, 0.5) is 0 Å². The molecule has 0 fully saturated rings. The lowest BCUT2D eigenvalue weighted by molar-refractivity contribution is 0.0862. The van der Waals surface area contributed by atoms with Crippen LogP contribution in [-0.2, 0) is 12.8 Å². The van der Waals surface area contributed by atoms with Crippen LogP contribution in [0.25, 0.3) is 0 Å². The van der Waals surface area contributed by atoms with Crippen LogP contribution in [0.2, 0.25) is 0 Å².